The number of amides is 2. The van der Waals surface area contributed by atoms with E-state index in [-0.39, 0.29) is 21.8 Å². The van der Waals surface area contributed by atoms with Crippen molar-refractivity contribution in [2.24, 2.45) is 5.16 Å². The summed E-state index contributed by atoms with van der Waals surface area (Å²) < 4.78 is 8.02. The first kappa shape index (κ1) is 21.4. The molecule has 1 fully saturated rings. The van der Waals surface area contributed by atoms with Crippen LogP contribution in [0.3, 0.4) is 0 Å². The largest absolute Gasteiger partial charge is 0.477 e. The van der Waals surface area contributed by atoms with E-state index in [1.54, 1.807) is 0 Å². The van der Waals surface area contributed by atoms with Gasteiger partial charge < -0.3 is 21.4 Å². The number of hydrogen-bond donors (Lipinski definition) is 4. The summed E-state index contributed by atoms with van der Waals surface area (Å²) in [7, 11) is 0. The van der Waals surface area contributed by atoms with Crippen LogP contribution in [0.15, 0.2) is 20.0 Å². The highest BCUT2D eigenvalue weighted by atomic mass is 35.5. The van der Waals surface area contributed by atoms with Crippen molar-refractivity contribution in [3.63, 3.8) is 0 Å². The fraction of sp³-hybridized carbons (Fsp3) is 0.286. The van der Waals surface area contributed by atoms with Gasteiger partial charge in [-0.1, -0.05) is 33.0 Å². The summed E-state index contributed by atoms with van der Waals surface area (Å²) in [6, 6.07) is -1.56. The zero-order chi connectivity index (χ0) is 22.3. The van der Waals surface area contributed by atoms with E-state index in [0.29, 0.717) is 22.0 Å². The fourth-order valence-electron chi connectivity index (χ4n) is 3.21. The molecule has 0 saturated carbocycles. The van der Waals surface area contributed by atoms with Crippen LogP contribution < -0.4 is 11.1 Å². The van der Waals surface area contributed by atoms with Gasteiger partial charge in [-0.05, 0) is 24.4 Å². The molecule has 2 amide bonds. The molecule has 1 saturated heterocycles. The van der Waals surface area contributed by atoms with Crippen molar-refractivity contribution in [3.8, 4) is 0 Å². The Hall–Kier alpha value is -2.82. The summed E-state index contributed by atoms with van der Waals surface area (Å²) in [5.41, 5.74) is 4.79. The fourth-order valence-corrected chi connectivity index (χ4v) is 5.66. The molecule has 162 valence electrons. The van der Waals surface area contributed by atoms with E-state index in [0.717, 1.165) is 39.7 Å². The highest BCUT2D eigenvalue weighted by Crippen LogP contribution is 2.45. The normalized spacial score (nSPS) is 21.0. The van der Waals surface area contributed by atoms with Crippen LogP contribution in [0.4, 0.5) is 5.13 Å². The van der Waals surface area contributed by atoms with Gasteiger partial charge in [-0.2, -0.15) is 9.36 Å². The number of carboxylic acid groups (broad SMARTS) is 1. The minimum Gasteiger partial charge on any atom is -0.477 e. The van der Waals surface area contributed by atoms with Gasteiger partial charge in [0, 0.05) is 16.4 Å². The van der Waals surface area contributed by atoms with E-state index in [1.807, 2.05) is 0 Å². The predicted molar refractivity (Wildman–Crippen MR) is 110 cm³/mol. The number of hydrogen-bond acceptors (Lipinski definition) is 13. The number of oxime groups is 1. The van der Waals surface area contributed by atoms with Gasteiger partial charge in [0.1, 0.15) is 15.9 Å². The Morgan fingerprint density at radius 3 is 2.74 bits per heavy atom. The number of allylic oxidation sites excluding steroid dienone is 1. The van der Waals surface area contributed by atoms with E-state index in [9.17, 15) is 19.5 Å². The second-order valence-electron chi connectivity index (χ2n) is 6.20. The molecule has 2 aromatic heterocycles. The first-order valence-corrected chi connectivity index (χ1v) is 11.1. The van der Waals surface area contributed by atoms with E-state index in [4.69, 9.17) is 22.5 Å². The van der Waals surface area contributed by atoms with Crippen LogP contribution in [0.2, 0.25) is 5.15 Å². The number of carboxylic acids is 1. The summed E-state index contributed by atoms with van der Waals surface area (Å²) in [5, 5.41) is 28.1. The van der Waals surface area contributed by atoms with Crippen LogP contribution in [-0.2, 0) is 14.4 Å². The lowest BCUT2D eigenvalue weighted by Crippen LogP contribution is -2.72. The maximum atomic E-state index is 12.7. The van der Waals surface area contributed by atoms with E-state index in [2.05, 4.69) is 29.4 Å². The van der Waals surface area contributed by atoms with Gasteiger partial charge in [-0.3, -0.25) is 14.5 Å². The van der Waals surface area contributed by atoms with Crippen LogP contribution in [0.5, 0.6) is 0 Å². The van der Waals surface area contributed by atoms with Gasteiger partial charge in [0.05, 0.1) is 6.04 Å². The molecule has 17 heteroatoms. The molecule has 31 heavy (non-hydrogen) atoms. The highest BCUT2D eigenvalue weighted by molar-refractivity contribution is 8.04. The lowest BCUT2D eigenvalue weighted by Gasteiger charge is -2.50. The number of anilines is 1. The standard InChI is InChI=1S/C14H11ClN8O5S3/c15-8-13(30-22-19-8)29-4-2-1-3-5(11(25)23(3)7(4)12(26)27)17-10(24)6(20-28)9-18-14(16)31-21-9/h3,5,28H,1-2H2,(H,17,24)(H,26,27)(H2,16,18,21)/b20-6-. The minimum absolute atomic E-state index is 0.0691. The van der Waals surface area contributed by atoms with Gasteiger partial charge in [0.15, 0.2) is 10.3 Å². The third kappa shape index (κ3) is 3.82. The number of aliphatic carboxylic acids is 1. The van der Waals surface area contributed by atoms with Crippen molar-refractivity contribution in [1.82, 2.24) is 29.2 Å². The van der Waals surface area contributed by atoms with Crippen molar-refractivity contribution in [2.45, 2.75) is 29.1 Å². The molecule has 2 aliphatic rings. The Morgan fingerprint density at radius 2 is 2.16 bits per heavy atom. The number of thioether (sulfide) groups is 1. The quantitative estimate of drug-likeness (QED) is 0.184. The number of nitrogens with zero attached hydrogens (tertiary/aromatic N) is 6. The molecule has 13 nitrogen and oxygen atoms in total. The molecule has 5 N–H and O–H groups in total. The van der Waals surface area contributed by atoms with Crippen molar-refractivity contribution in [2.75, 3.05) is 5.73 Å². The molecule has 2 unspecified atom stereocenters. The van der Waals surface area contributed by atoms with Crippen molar-refractivity contribution in [3.05, 3.63) is 21.6 Å². The van der Waals surface area contributed by atoms with Gasteiger partial charge in [-0.15, -0.1) is 5.10 Å². The van der Waals surface area contributed by atoms with Crippen LogP contribution in [-0.4, -0.2) is 69.7 Å². The minimum atomic E-state index is -1.28. The number of aromatic nitrogens is 4. The Kier molecular flexibility index (Phi) is 5.78. The van der Waals surface area contributed by atoms with Gasteiger partial charge >= 0.3 is 5.97 Å². The molecule has 2 aromatic rings. The average molecular weight is 503 g/mol. The first-order chi connectivity index (χ1) is 14.8. The molecule has 2 aliphatic heterocycles. The van der Waals surface area contributed by atoms with Gasteiger partial charge in [-0.25, -0.2) is 4.79 Å². The van der Waals surface area contributed by atoms with Gasteiger partial charge in [0.25, 0.3) is 11.8 Å². The molecule has 4 heterocycles. The Bertz CT molecular complexity index is 1150. The summed E-state index contributed by atoms with van der Waals surface area (Å²) in [5.74, 6) is -2.96. The molecular formula is C14H11ClN8O5S3. The topological polar surface area (TPSA) is 197 Å². The Labute approximate surface area is 190 Å². The second-order valence-corrected chi connectivity index (χ2v) is 9.46. The van der Waals surface area contributed by atoms with Crippen molar-refractivity contribution >= 4 is 75.1 Å². The molecular weight excluding hydrogens is 492 g/mol. The molecule has 4 rings (SSSR count). The SMILES string of the molecule is Nc1nc(/C(=N/O)C(=O)NC2C(=O)N3C(C(=O)O)=C(Sc4snnc4Cl)CCC23)ns1. The van der Waals surface area contributed by atoms with Crippen molar-refractivity contribution < 1.29 is 24.7 Å². The first-order valence-electron chi connectivity index (χ1n) is 8.39. The number of carbonyl (C=O) groups is 3. The Balaban J connectivity index is 1.53. The number of fused-ring (bicyclic) bond motifs is 1. The average Bonchev–Trinajstić information content (AvgIpc) is 3.34. The van der Waals surface area contributed by atoms with Gasteiger partial charge in [0.2, 0.25) is 11.5 Å². The molecule has 0 aromatic carbocycles. The van der Waals surface area contributed by atoms with E-state index in [1.165, 1.54) is 0 Å². The summed E-state index contributed by atoms with van der Waals surface area (Å²) >= 11 is 8.86. The lowest BCUT2D eigenvalue weighted by molar-refractivity contribution is -0.155. The maximum absolute atomic E-state index is 12.7. The smallest absolute Gasteiger partial charge is 0.353 e. The third-order valence-electron chi connectivity index (χ3n) is 4.49. The maximum Gasteiger partial charge on any atom is 0.353 e. The van der Waals surface area contributed by atoms with Crippen LogP contribution >= 0.6 is 46.4 Å². The number of nitrogens with one attached hydrogen (secondary N) is 1. The number of carbonyl (C=O) groups excluding carboxylic acids is 2. The van der Waals surface area contributed by atoms with Crippen LogP contribution in [0.1, 0.15) is 18.7 Å². The number of nitrogen functional groups attached to an aromatic ring is 1. The zero-order valence-corrected chi connectivity index (χ0v) is 18.3. The highest BCUT2D eigenvalue weighted by Gasteiger charge is 2.54. The zero-order valence-electron chi connectivity index (χ0n) is 15.1. The summed E-state index contributed by atoms with van der Waals surface area (Å²) in [6.45, 7) is 0. The number of β-lactam (4-membered cyclic amide) rings is 1. The van der Waals surface area contributed by atoms with E-state index < -0.39 is 35.6 Å². The molecule has 0 radical (unpaired) electrons. The molecule has 0 bridgehead atoms. The lowest BCUT2D eigenvalue weighted by atomic mass is 9.86. The van der Waals surface area contributed by atoms with Crippen molar-refractivity contribution in [1.29, 1.82) is 0 Å². The number of halogens is 1. The van der Waals surface area contributed by atoms with Crippen LogP contribution in [0, 0.1) is 0 Å². The Morgan fingerprint density at radius 1 is 1.39 bits per heavy atom. The predicted octanol–water partition coefficient (Wildman–Crippen LogP) is 0.381. The summed E-state index contributed by atoms with van der Waals surface area (Å²) in [4.78, 5) is 42.4. The monoisotopic (exact) mass is 502 g/mol. The number of nitrogens with two attached hydrogens (primary N) is 1. The molecule has 0 aliphatic carbocycles. The van der Waals surface area contributed by atoms with Crippen LogP contribution in [0.25, 0.3) is 0 Å². The number of rotatable bonds is 6. The third-order valence-corrected chi connectivity index (χ3v) is 7.54. The molecule has 0 spiro atoms. The summed E-state index contributed by atoms with van der Waals surface area (Å²) in [6.07, 6.45) is 0.736. The second kappa shape index (κ2) is 8.37. The van der Waals surface area contributed by atoms with E-state index >= 15 is 0 Å². The molecule has 2 atom stereocenters.